The zero-order valence-electron chi connectivity index (χ0n) is 6.31. The molecule has 1 fully saturated rings. The number of methoxy groups -OCH3 is 1. The minimum absolute atomic E-state index is 0.233. The average Bonchev–Trinajstić information content (AvgIpc) is 2.71. The number of hydrogen-bond acceptors (Lipinski definition) is 3. The van der Waals surface area contributed by atoms with Gasteiger partial charge in [-0.05, 0) is 12.8 Å². The normalized spacial score (nSPS) is 15.4. The molecule has 0 bridgehead atoms. The minimum Gasteiger partial charge on any atom is -0.468 e. The van der Waals surface area contributed by atoms with Gasteiger partial charge in [-0.1, -0.05) is 0 Å². The van der Waals surface area contributed by atoms with Crippen LogP contribution in [0.1, 0.15) is 12.8 Å². The lowest BCUT2D eigenvalue weighted by Gasteiger charge is -2.04. The van der Waals surface area contributed by atoms with E-state index in [0.717, 1.165) is 12.8 Å². The lowest BCUT2D eigenvalue weighted by molar-refractivity contribution is 0.241. The molecule has 5 nitrogen and oxygen atoms in total. The van der Waals surface area contributed by atoms with E-state index in [9.17, 15) is 4.79 Å². The maximum absolute atomic E-state index is 10.8. The van der Waals surface area contributed by atoms with Crippen LogP contribution >= 0.6 is 0 Å². The number of nitrogens with one attached hydrogen (secondary N) is 3. The number of urea groups is 1. The minimum atomic E-state index is -0.362. The van der Waals surface area contributed by atoms with E-state index in [1.807, 2.05) is 0 Å². The van der Waals surface area contributed by atoms with E-state index in [-0.39, 0.29) is 12.1 Å². The molecule has 11 heavy (non-hydrogen) atoms. The van der Waals surface area contributed by atoms with Crippen LogP contribution in [0.2, 0.25) is 0 Å². The monoisotopic (exact) mass is 157 g/mol. The van der Waals surface area contributed by atoms with Gasteiger partial charge in [0.1, 0.15) is 0 Å². The smallest absolute Gasteiger partial charge is 0.323 e. The fraction of sp³-hybridized carbons (Fsp3) is 0.667. The van der Waals surface area contributed by atoms with Gasteiger partial charge in [0.2, 0.25) is 0 Å². The summed E-state index contributed by atoms with van der Waals surface area (Å²) in [6.07, 6.45) is 2.07. The quantitative estimate of drug-likeness (QED) is 0.371. The topological polar surface area (TPSA) is 74.2 Å². The second kappa shape index (κ2) is 3.23. The van der Waals surface area contributed by atoms with Crippen LogP contribution < -0.4 is 10.6 Å². The molecule has 0 spiro atoms. The molecule has 0 aromatic heterocycles. The molecular weight excluding hydrogens is 146 g/mol. The van der Waals surface area contributed by atoms with Gasteiger partial charge in [0, 0.05) is 6.04 Å². The maximum Gasteiger partial charge on any atom is 0.323 e. The van der Waals surface area contributed by atoms with Crippen molar-refractivity contribution >= 4 is 12.1 Å². The lowest BCUT2D eigenvalue weighted by atomic mass is 10.7. The highest BCUT2D eigenvalue weighted by Gasteiger charge is 2.23. The fourth-order valence-electron chi connectivity index (χ4n) is 0.603. The second-order valence-corrected chi connectivity index (χ2v) is 2.41. The summed E-state index contributed by atoms with van der Waals surface area (Å²) >= 11 is 0. The van der Waals surface area contributed by atoms with Gasteiger partial charge >= 0.3 is 6.03 Å². The van der Waals surface area contributed by atoms with Crippen LogP contribution in [-0.2, 0) is 4.74 Å². The van der Waals surface area contributed by atoms with E-state index in [0.29, 0.717) is 6.04 Å². The van der Waals surface area contributed by atoms with Crippen molar-refractivity contribution < 1.29 is 9.53 Å². The van der Waals surface area contributed by atoms with E-state index < -0.39 is 0 Å². The van der Waals surface area contributed by atoms with Gasteiger partial charge < -0.3 is 10.1 Å². The van der Waals surface area contributed by atoms with Crippen LogP contribution in [0, 0.1) is 5.41 Å². The van der Waals surface area contributed by atoms with E-state index in [1.165, 1.54) is 7.11 Å². The molecule has 1 aliphatic carbocycles. The molecule has 0 atom stereocenters. The molecular formula is C6H11N3O2. The summed E-state index contributed by atoms with van der Waals surface area (Å²) in [6, 6.07) is -0.290. The third-order valence-corrected chi connectivity index (χ3v) is 1.34. The number of rotatable bonds is 1. The molecule has 0 aliphatic heterocycles. The van der Waals surface area contributed by atoms with Crippen molar-refractivity contribution in [3.05, 3.63) is 0 Å². The number of carbonyl (C=O) groups excluding carboxylic acids is 1. The summed E-state index contributed by atoms with van der Waals surface area (Å²) < 4.78 is 4.43. The van der Waals surface area contributed by atoms with Gasteiger partial charge in [0.25, 0.3) is 6.02 Å². The van der Waals surface area contributed by atoms with Crippen LogP contribution in [0.15, 0.2) is 0 Å². The molecule has 0 saturated heterocycles. The highest BCUT2D eigenvalue weighted by atomic mass is 16.5. The third kappa shape index (κ3) is 2.88. The Morgan fingerprint density at radius 2 is 2.27 bits per heavy atom. The van der Waals surface area contributed by atoms with Crippen molar-refractivity contribution in [3.8, 4) is 0 Å². The van der Waals surface area contributed by atoms with E-state index in [4.69, 9.17) is 5.41 Å². The highest BCUT2D eigenvalue weighted by Crippen LogP contribution is 2.18. The maximum atomic E-state index is 10.8. The van der Waals surface area contributed by atoms with Gasteiger partial charge in [-0.25, -0.2) is 4.79 Å². The van der Waals surface area contributed by atoms with Crippen molar-refractivity contribution in [1.82, 2.24) is 10.6 Å². The van der Waals surface area contributed by atoms with Gasteiger partial charge in [-0.2, -0.15) is 0 Å². The molecule has 1 saturated carbocycles. The Bertz CT molecular complexity index is 177. The average molecular weight is 157 g/mol. The predicted molar refractivity (Wildman–Crippen MR) is 39.4 cm³/mol. The summed E-state index contributed by atoms with van der Waals surface area (Å²) in [5, 5.41) is 11.8. The number of amidine groups is 1. The molecule has 2 amide bonds. The summed E-state index contributed by atoms with van der Waals surface area (Å²) in [6.45, 7) is 0. The molecule has 3 N–H and O–H groups in total. The Balaban J connectivity index is 2.13. The standard InChI is InChI=1S/C6H11N3O2/c1-11-5(7)9-6(10)8-4-2-3-4/h4H,2-3H2,1H3,(H3,7,8,9,10). The van der Waals surface area contributed by atoms with Crippen molar-refractivity contribution in [1.29, 1.82) is 5.41 Å². The Morgan fingerprint density at radius 3 is 2.73 bits per heavy atom. The largest absolute Gasteiger partial charge is 0.468 e. The van der Waals surface area contributed by atoms with E-state index in [2.05, 4.69) is 15.4 Å². The zero-order chi connectivity index (χ0) is 8.27. The number of carbonyl (C=O) groups is 1. The van der Waals surface area contributed by atoms with Gasteiger partial charge in [0.05, 0.1) is 7.11 Å². The van der Waals surface area contributed by atoms with Crippen LogP contribution in [0.25, 0.3) is 0 Å². The van der Waals surface area contributed by atoms with Gasteiger partial charge in [0.15, 0.2) is 0 Å². The molecule has 62 valence electrons. The lowest BCUT2D eigenvalue weighted by Crippen LogP contribution is -2.40. The highest BCUT2D eigenvalue weighted by molar-refractivity contribution is 5.91. The third-order valence-electron chi connectivity index (χ3n) is 1.34. The summed E-state index contributed by atoms with van der Waals surface area (Å²) in [5.74, 6) is 0. The van der Waals surface area contributed by atoms with Crippen LogP contribution in [0.3, 0.4) is 0 Å². The predicted octanol–water partition coefficient (Wildman–Crippen LogP) is 0.0292. The first-order valence-electron chi connectivity index (χ1n) is 3.42. The van der Waals surface area contributed by atoms with Crippen molar-refractivity contribution in [2.24, 2.45) is 0 Å². The summed E-state index contributed by atoms with van der Waals surface area (Å²) in [4.78, 5) is 10.8. The van der Waals surface area contributed by atoms with Crippen molar-refractivity contribution in [3.63, 3.8) is 0 Å². The van der Waals surface area contributed by atoms with Gasteiger partial charge in [-0.3, -0.25) is 10.7 Å². The molecule has 0 heterocycles. The van der Waals surface area contributed by atoms with Gasteiger partial charge in [-0.15, -0.1) is 0 Å². The first-order valence-corrected chi connectivity index (χ1v) is 3.42. The first kappa shape index (κ1) is 7.84. The fourth-order valence-corrected chi connectivity index (χ4v) is 0.603. The molecule has 5 heteroatoms. The number of ether oxygens (including phenoxy) is 1. The zero-order valence-corrected chi connectivity index (χ0v) is 6.31. The molecule has 0 unspecified atom stereocenters. The second-order valence-electron chi connectivity index (χ2n) is 2.41. The Hall–Kier alpha value is -1.26. The Labute approximate surface area is 64.6 Å². The van der Waals surface area contributed by atoms with Crippen LogP contribution in [0.4, 0.5) is 4.79 Å². The summed E-state index contributed by atoms with van der Waals surface area (Å²) in [5.41, 5.74) is 0. The molecule has 1 aliphatic rings. The Morgan fingerprint density at radius 1 is 1.64 bits per heavy atom. The Kier molecular flexibility index (Phi) is 2.30. The molecule has 0 aromatic carbocycles. The van der Waals surface area contributed by atoms with E-state index >= 15 is 0 Å². The molecule has 0 radical (unpaired) electrons. The molecule has 1 rings (SSSR count). The summed E-state index contributed by atoms with van der Waals surface area (Å²) in [7, 11) is 1.33. The SMILES string of the molecule is COC(=N)NC(=O)NC1CC1. The van der Waals surface area contributed by atoms with Crippen molar-refractivity contribution in [2.75, 3.05) is 7.11 Å². The first-order chi connectivity index (χ1) is 5.22. The number of hydrogen-bond donors (Lipinski definition) is 3. The van der Waals surface area contributed by atoms with E-state index in [1.54, 1.807) is 0 Å². The van der Waals surface area contributed by atoms with Crippen LogP contribution in [-0.4, -0.2) is 25.2 Å². The van der Waals surface area contributed by atoms with Crippen molar-refractivity contribution in [2.45, 2.75) is 18.9 Å². The molecule has 0 aromatic rings. The van der Waals surface area contributed by atoms with Crippen LogP contribution in [0.5, 0.6) is 0 Å². The number of amides is 2.